The van der Waals surface area contributed by atoms with Crippen molar-refractivity contribution in [3.05, 3.63) is 23.7 Å². The molecular weight excluding hydrogens is 196 g/mol. The van der Waals surface area contributed by atoms with Crippen LogP contribution < -0.4 is 0 Å². The lowest BCUT2D eigenvalue weighted by Crippen LogP contribution is -2.09. The first kappa shape index (κ1) is 9.96. The van der Waals surface area contributed by atoms with Gasteiger partial charge in [0.2, 0.25) is 5.76 Å². The second kappa shape index (κ2) is 3.88. The molecule has 1 saturated carbocycles. The Kier molecular flexibility index (Phi) is 2.58. The van der Waals surface area contributed by atoms with E-state index in [1.54, 1.807) is 0 Å². The van der Waals surface area contributed by atoms with E-state index >= 15 is 0 Å². The van der Waals surface area contributed by atoms with Crippen molar-refractivity contribution < 1.29 is 19.1 Å². The van der Waals surface area contributed by atoms with E-state index in [9.17, 15) is 9.59 Å². The fourth-order valence-electron chi connectivity index (χ4n) is 2.00. The molecule has 0 bridgehead atoms. The second-order valence-electron chi connectivity index (χ2n) is 3.85. The molecule has 0 unspecified atom stereocenters. The molecule has 0 aromatic carbocycles. The zero-order chi connectivity index (χ0) is 10.8. The minimum absolute atomic E-state index is 0.0174. The topological polar surface area (TPSA) is 67.5 Å². The molecule has 1 aromatic rings. The quantitative estimate of drug-likeness (QED) is 0.774. The smallest absolute Gasteiger partial charge is 0.371 e. The largest absolute Gasteiger partial charge is 0.475 e. The number of carboxylic acid groups (broad SMARTS) is 1. The van der Waals surface area contributed by atoms with E-state index in [4.69, 9.17) is 9.52 Å². The van der Waals surface area contributed by atoms with Gasteiger partial charge in [0.1, 0.15) is 6.26 Å². The molecule has 15 heavy (non-hydrogen) atoms. The summed E-state index contributed by atoms with van der Waals surface area (Å²) in [6.07, 6.45) is 5.23. The van der Waals surface area contributed by atoms with Gasteiger partial charge in [-0.3, -0.25) is 4.79 Å². The number of carbonyl (C=O) groups is 2. The lowest BCUT2D eigenvalue weighted by molar-refractivity contribution is 0.0662. The van der Waals surface area contributed by atoms with Crippen LogP contribution in [-0.2, 0) is 0 Å². The van der Waals surface area contributed by atoms with Gasteiger partial charge < -0.3 is 9.52 Å². The fourth-order valence-corrected chi connectivity index (χ4v) is 2.00. The molecule has 0 atom stereocenters. The number of furan rings is 1. The van der Waals surface area contributed by atoms with Crippen molar-refractivity contribution in [3.63, 3.8) is 0 Å². The van der Waals surface area contributed by atoms with Crippen LogP contribution in [0.4, 0.5) is 0 Å². The minimum Gasteiger partial charge on any atom is -0.475 e. The molecule has 0 radical (unpaired) electrons. The fraction of sp³-hybridized carbons (Fsp3) is 0.455. The Labute approximate surface area is 86.9 Å². The first-order valence-corrected chi connectivity index (χ1v) is 5.04. The average Bonchev–Trinajstić information content (AvgIpc) is 2.88. The van der Waals surface area contributed by atoms with Crippen molar-refractivity contribution in [2.24, 2.45) is 5.92 Å². The van der Waals surface area contributed by atoms with E-state index in [2.05, 4.69) is 0 Å². The van der Waals surface area contributed by atoms with E-state index in [0.29, 0.717) is 5.56 Å². The van der Waals surface area contributed by atoms with Gasteiger partial charge in [-0.25, -0.2) is 4.79 Å². The first-order valence-electron chi connectivity index (χ1n) is 5.04. The third-order valence-electron chi connectivity index (χ3n) is 2.82. The van der Waals surface area contributed by atoms with E-state index < -0.39 is 5.97 Å². The molecule has 1 aliphatic carbocycles. The van der Waals surface area contributed by atoms with E-state index in [1.807, 2.05) is 0 Å². The SMILES string of the molecule is O=C(O)c1cc(C(=O)C2CCCC2)co1. The van der Waals surface area contributed by atoms with E-state index in [1.165, 1.54) is 12.3 Å². The minimum atomic E-state index is -1.14. The maximum absolute atomic E-state index is 11.8. The van der Waals surface area contributed by atoms with Crippen LogP contribution >= 0.6 is 0 Å². The van der Waals surface area contributed by atoms with E-state index in [0.717, 1.165) is 25.7 Å². The molecule has 1 aromatic heterocycles. The highest BCUT2D eigenvalue weighted by atomic mass is 16.4. The number of hydrogen-bond acceptors (Lipinski definition) is 3. The van der Waals surface area contributed by atoms with Crippen LogP contribution in [0, 0.1) is 5.92 Å². The normalized spacial score (nSPS) is 16.8. The molecule has 1 fully saturated rings. The van der Waals surface area contributed by atoms with Gasteiger partial charge in [-0.15, -0.1) is 0 Å². The number of rotatable bonds is 3. The van der Waals surface area contributed by atoms with Crippen LogP contribution in [0.3, 0.4) is 0 Å². The molecule has 0 amide bonds. The van der Waals surface area contributed by atoms with Gasteiger partial charge in [-0.05, 0) is 12.8 Å². The first-order chi connectivity index (χ1) is 7.18. The van der Waals surface area contributed by atoms with Gasteiger partial charge >= 0.3 is 5.97 Å². The van der Waals surface area contributed by atoms with Gasteiger partial charge in [0, 0.05) is 12.0 Å². The maximum Gasteiger partial charge on any atom is 0.371 e. The third-order valence-corrected chi connectivity index (χ3v) is 2.82. The number of carboxylic acids is 1. The molecule has 2 rings (SSSR count). The van der Waals surface area contributed by atoms with Crippen molar-refractivity contribution in [2.45, 2.75) is 25.7 Å². The van der Waals surface area contributed by atoms with Crippen LogP contribution in [0.2, 0.25) is 0 Å². The molecule has 80 valence electrons. The highest BCUT2D eigenvalue weighted by Gasteiger charge is 2.25. The van der Waals surface area contributed by atoms with Gasteiger partial charge in [0.15, 0.2) is 5.78 Å². The molecule has 1 N–H and O–H groups in total. The summed E-state index contributed by atoms with van der Waals surface area (Å²) in [5.41, 5.74) is 0.388. The molecular formula is C11H12O4. The van der Waals surface area contributed by atoms with Crippen LogP contribution in [-0.4, -0.2) is 16.9 Å². The summed E-state index contributed by atoms with van der Waals surface area (Å²) in [6, 6.07) is 1.31. The Morgan fingerprint density at radius 2 is 2.00 bits per heavy atom. The summed E-state index contributed by atoms with van der Waals surface area (Å²) in [4.78, 5) is 22.4. The Balaban J connectivity index is 2.14. The summed E-state index contributed by atoms with van der Waals surface area (Å²) in [5, 5.41) is 8.64. The Morgan fingerprint density at radius 1 is 1.33 bits per heavy atom. The van der Waals surface area contributed by atoms with Crippen LogP contribution in [0.1, 0.15) is 46.6 Å². The van der Waals surface area contributed by atoms with Crippen molar-refractivity contribution in [1.82, 2.24) is 0 Å². The number of hydrogen-bond donors (Lipinski definition) is 1. The van der Waals surface area contributed by atoms with Gasteiger partial charge in [-0.2, -0.15) is 0 Å². The van der Waals surface area contributed by atoms with Crippen LogP contribution in [0.5, 0.6) is 0 Å². The standard InChI is InChI=1S/C11H12O4/c12-10(7-3-1-2-4-7)8-5-9(11(13)14)15-6-8/h5-7H,1-4H2,(H,13,14). The van der Waals surface area contributed by atoms with E-state index in [-0.39, 0.29) is 17.5 Å². The number of aromatic carboxylic acids is 1. The number of carbonyl (C=O) groups excluding carboxylic acids is 1. The summed E-state index contributed by atoms with van der Waals surface area (Å²) in [5.74, 6) is -1.23. The molecule has 0 saturated heterocycles. The van der Waals surface area contributed by atoms with Gasteiger partial charge in [0.05, 0.1) is 5.56 Å². The molecule has 4 heteroatoms. The zero-order valence-corrected chi connectivity index (χ0v) is 8.23. The summed E-state index contributed by atoms with van der Waals surface area (Å²) in [7, 11) is 0. The molecule has 0 spiro atoms. The monoisotopic (exact) mass is 208 g/mol. The van der Waals surface area contributed by atoms with Crippen molar-refractivity contribution in [2.75, 3.05) is 0 Å². The summed E-state index contributed by atoms with van der Waals surface area (Å²) >= 11 is 0. The molecule has 4 nitrogen and oxygen atoms in total. The van der Waals surface area contributed by atoms with Crippen molar-refractivity contribution in [3.8, 4) is 0 Å². The van der Waals surface area contributed by atoms with Gasteiger partial charge in [-0.1, -0.05) is 12.8 Å². The molecule has 1 heterocycles. The highest BCUT2D eigenvalue weighted by Crippen LogP contribution is 2.28. The molecule has 0 aliphatic heterocycles. The second-order valence-corrected chi connectivity index (χ2v) is 3.85. The van der Waals surface area contributed by atoms with Gasteiger partial charge in [0.25, 0.3) is 0 Å². The van der Waals surface area contributed by atoms with Crippen molar-refractivity contribution >= 4 is 11.8 Å². The van der Waals surface area contributed by atoms with Crippen LogP contribution in [0.15, 0.2) is 16.7 Å². The van der Waals surface area contributed by atoms with Crippen LogP contribution in [0.25, 0.3) is 0 Å². The number of ketones is 1. The highest BCUT2D eigenvalue weighted by molar-refractivity contribution is 5.99. The average molecular weight is 208 g/mol. The Morgan fingerprint density at radius 3 is 2.53 bits per heavy atom. The molecule has 1 aliphatic rings. The predicted octanol–water partition coefficient (Wildman–Crippen LogP) is 2.35. The summed E-state index contributed by atoms with van der Waals surface area (Å²) < 4.78 is 4.79. The lowest BCUT2D eigenvalue weighted by atomic mass is 9.98. The maximum atomic E-state index is 11.8. The number of Topliss-reactive ketones (excluding diaryl/α,β-unsaturated/α-hetero) is 1. The Hall–Kier alpha value is -1.58. The Bertz CT molecular complexity index is 385. The summed E-state index contributed by atoms with van der Waals surface area (Å²) in [6.45, 7) is 0. The third kappa shape index (κ3) is 1.93. The zero-order valence-electron chi connectivity index (χ0n) is 8.23. The lowest BCUT2D eigenvalue weighted by Gasteiger charge is -2.03. The predicted molar refractivity (Wildman–Crippen MR) is 52.0 cm³/mol. The van der Waals surface area contributed by atoms with Crippen molar-refractivity contribution in [1.29, 1.82) is 0 Å².